The van der Waals surface area contributed by atoms with Crippen LogP contribution in [0.1, 0.15) is 45.4 Å². The number of hydrogen-bond acceptors (Lipinski definition) is 3. The molecule has 1 unspecified atom stereocenters. The molecule has 1 amide bonds. The highest BCUT2D eigenvalue weighted by Gasteiger charge is 2.06. The zero-order valence-electron chi connectivity index (χ0n) is 9.80. The summed E-state index contributed by atoms with van der Waals surface area (Å²) in [6.45, 7) is 3.63. The Morgan fingerprint density at radius 2 is 1.80 bits per heavy atom. The molecule has 0 saturated heterocycles. The van der Waals surface area contributed by atoms with Gasteiger partial charge in [-0.25, -0.2) is 0 Å². The minimum absolute atomic E-state index is 0.439. The molecular formula is C11H25N3O. The lowest BCUT2D eigenvalue weighted by atomic mass is 10.1. The van der Waals surface area contributed by atoms with Gasteiger partial charge in [0.1, 0.15) is 0 Å². The molecule has 0 fully saturated rings. The first-order valence-electron chi connectivity index (χ1n) is 5.94. The smallest absolute Gasteiger partial charge is 0.235 e. The molecule has 90 valence electrons. The van der Waals surface area contributed by atoms with Crippen LogP contribution in [0.4, 0.5) is 0 Å². The topological polar surface area (TPSA) is 81.1 Å². The van der Waals surface area contributed by atoms with Crippen molar-refractivity contribution in [3.05, 3.63) is 0 Å². The Labute approximate surface area is 92.8 Å². The number of amides is 1. The number of carbonyl (C=O) groups is 1. The zero-order valence-corrected chi connectivity index (χ0v) is 9.80. The van der Waals surface area contributed by atoms with Crippen molar-refractivity contribution in [2.75, 3.05) is 13.1 Å². The van der Waals surface area contributed by atoms with E-state index in [4.69, 9.17) is 11.5 Å². The van der Waals surface area contributed by atoms with Gasteiger partial charge >= 0.3 is 0 Å². The van der Waals surface area contributed by atoms with Crippen LogP contribution in [0, 0.1) is 0 Å². The highest BCUT2D eigenvalue weighted by molar-refractivity contribution is 5.79. The largest absolute Gasteiger partial charge is 0.368 e. The predicted octanol–water partition coefficient (Wildman–Crippen LogP) is 0.749. The normalized spacial score (nSPS) is 12.7. The molecule has 0 aliphatic carbocycles. The van der Waals surface area contributed by atoms with Crippen molar-refractivity contribution in [1.82, 2.24) is 5.32 Å². The van der Waals surface area contributed by atoms with Crippen molar-refractivity contribution >= 4 is 5.91 Å². The van der Waals surface area contributed by atoms with Crippen molar-refractivity contribution in [3.63, 3.8) is 0 Å². The number of nitrogens with one attached hydrogen (secondary N) is 1. The summed E-state index contributed by atoms with van der Waals surface area (Å²) in [7, 11) is 0. The SMILES string of the molecule is CCCCCCCCNCC(N)C(N)=O. The van der Waals surface area contributed by atoms with Gasteiger partial charge in [0.15, 0.2) is 0 Å². The third-order valence-electron chi connectivity index (χ3n) is 2.44. The maximum absolute atomic E-state index is 10.6. The first-order chi connectivity index (χ1) is 7.18. The first kappa shape index (κ1) is 14.4. The van der Waals surface area contributed by atoms with Crippen LogP contribution in [0.15, 0.2) is 0 Å². The van der Waals surface area contributed by atoms with Gasteiger partial charge in [0, 0.05) is 6.54 Å². The van der Waals surface area contributed by atoms with Crippen molar-refractivity contribution in [1.29, 1.82) is 0 Å². The lowest BCUT2D eigenvalue weighted by molar-refractivity contribution is -0.119. The van der Waals surface area contributed by atoms with Gasteiger partial charge in [-0.2, -0.15) is 0 Å². The summed E-state index contributed by atoms with van der Waals surface area (Å²) in [5.41, 5.74) is 10.5. The number of unbranched alkanes of at least 4 members (excludes halogenated alkanes) is 5. The van der Waals surface area contributed by atoms with Crippen LogP contribution < -0.4 is 16.8 Å². The van der Waals surface area contributed by atoms with E-state index in [9.17, 15) is 4.79 Å². The van der Waals surface area contributed by atoms with Crippen LogP contribution in [-0.2, 0) is 4.79 Å². The molecule has 0 aliphatic rings. The second-order valence-electron chi connectivity index (χ2n) is 3.98. The van der Waals surface area contributed by atoms with Crippen LogP contribution in [0.25, 0.3) is 0 Å². The van der Waals surface area contributed by atoms with Gasteiger partial charge in [0.05, 0.1) is 6.04 Å². The standard InChI is InChI=1S/C11H25N3O/c1-2-3-4-5-6-7-8-14-9-10(12)11(13)15/h10,14H,2-9,12H2,1H3,(H2,13,15). The molecule has 0 bridgehead atoms. The van der Waals surface area contributed by atoms with Crippen molar-refractivity contribution in [3.8, 4) is 0 Å². The summed E-state index contributed by atoms with van der Waals surface area (Å²) in [5.74, 6) is -0.439. The third kappa shape index (κ3) is 9.69. The number of hydrogen-bond donors (Lipinski definition) is 3. The van der Waals surface area contributed by atoms with Gasteiger partial charge < -0.3 is 16.8 Å². The van der Waals surface area contributed by atoms with E-state index in [2.05, 4.69) is 12.2 Å². The van der Waals surface area contributed by atoms with Gasteiger partial charge in [-0.3, -0.25) is 4.79 Å². The van der Waals surface area contributed by atoms with Gasteiger partial charge in [0.2, 0.25) is 5.91 Å². The number of nitrogens with two attached hydrogens (primary N) is 2. The summed E-state index contributed by atoms with van der Waals surface area (Å²) in [4.78, 5) is 10.6. The van der Waals surface area contributed by atoms with E-state index in [0.717, 1.165) is 13.0 Å². The molecule has 15 heavy (non-hydrogen) atoms. The number of rotatable bonds is 10. The van der Waals surface area contributed by atoms with E-state index in [0.29, 0.717) is 6.54 Å². The Morgan fingerprint density at radius 1 is 1.20 bits per heavy atom. The summed E-state index contributed by atoms with van der Waals surface area (Å²) >= 11 is 0. The minimum Gasteiger partial charge on any atom is -0.368 e. The van der Waals surface area contributed by atoms with E-state index in [1.807, 2.05) is 0 Å². The molecule has 0 rings (SSSR count). The maximum Gasteiger partial charge on any atom is 0.235 e. The monoisotopic (exact) mass is 215 g/mol. The Morgan fingerprint density at radius 3 is 2.40 bits per heavy atom. The van der Waals surface area contributed by atoms with Crippen LogP contribution >= 0.6 is 0 Å². The van der Waals surface area contributed by atoms with Crippen LogP contribution in [0.3, 0.4) is 0 Å². The summed E-state index contributed by atoms with van der Waals surface area (Å²) in [6.07, 6.45) is 7.65. The average Bonchev–Trinajstić information content (AvgIpc) is 2.21. The number of carbonyl (C=O) groups excluding carboxylic acids is 1. The molecule has 1 atom stereocenters. The van der Waals surface area contributed by atoms with Gasteiger partial charge in [-0.05, 0) is 13.0 Å². The third-order valence-corrected chi connectivity index (χ3v) is 2.44. The van der Waals surface area contributed by atoms with Gasteiger partial charge in [-0.15, -0.1) is 0 Å². The van der Waals surface area contributed by atoms with Crippen molar-refractivity contribution < 1.29 is 4.79 Å². The molecule has 4 heteroatoms. The van der Waals surface area contributed by atoms with Crippen LogP contribution in [-0.4, -0.2) is 25.0 Å². The molecule has 0 radical (unpaired) electrons. The number of primary amides is 1. The van der Waals surface area contributed by atoms with E-state index < -0.39 is 11.9 Å². The van der Waals surface area contributed by atoms with E-state index >= 15 is 0 Å². The lowest BCUT2D eigenvalue weighted by Crippen LogP contribution is -2.44. The fraction of sp³-hybridized carbons (Fsp3) is 0.909. The molecule has 0 aromatic carbocycles. The van der Waals surface area contributed by atoms with Gasteiger partial charge in [0.25, 0.3) is 0 Å². The highest BCUT2D eigenvalue weighted by atomic mass is 16.1. The van der Waals surface area contributed by atoms with Crippen molar-refractivity contribution in [2.45, 2.75) is 51.5 Å². The average molecular weight is 215 g/mol. The molecule has 0 saturated carbocycles. The molecule has 0 spiro atoms. The molecule has 5 N–H and O–H groups in total. The molecule has 0 aromatic rings. The molecule has 0 aromatic heterocycles. The highest BCUT2D eigenvalue weighted by Crippen LogP contribution is 2.03. The van der Waals surface area contributed by atoms with Crippen molar-refractivity contribution in [2.24, 2.45) is 11.5 Å². The molecule has 0 aliphatic heterocycles. The van der Waals surface area contributed by atoms with E-state index in [-0.39, 0.29) is 0 Å². The van der Waals surface area contributed by atoms with Crippen LogP contribution in [0.2, 0.25) is 0 Å². The lowest BCUT2D eigenvalue weighted by Gasteiger charge is -2.08. The maximum atomic E-state index is 10.6. The minimum atomic E-state index is -0.551. The summed E-state index contributed by atoms with van der Waals surface area (Å²) < 4.78 is 0. The Kier molecular flexibility index (Phi) is 9.52. The fourth-order valence-corrected chi connectivity index (χ4v) is 1.39. The zero-order chi connectivity index (χ0) is 11.5. The van der Waals surface area contributed by atoms with E-state index in [1.165, 1.54) is 32.1 Å². The Hall–Kier alpha value is -0.610. The molecular weight excluding hydrogens is 190 g/mol. The Bertz CT molecular complexity index is 162. The van der Waals surface area contributed by atoms with Crippen LogP contribution in [0.5, 0.6) is 0 Å². The Balaban J connectivity index is 3.08. The van der Waals surface area contributed by atoms with E-state index in [1.54, 1.807) is 0 Å². The quantitative estimate of drug-likeness (QED) is 0.470. The van der Waals surface area contributed by atoms with Gasteiger partial charge in [-0.1, -0.05) is 39.0 Å². The fourth-order valence-electron chi connectivity index (χ4n) is 1.39. The summed E-state index contributed by atoms with van der Waals surface area (Å²) in [5, 5.41) is 3.13. The first-order valence-corrected chi connectivity index (χ1v) is 5.94. The summed E-state index contributed by atoms with van der Waals surface area (Å²) in [6, 6.07) is -0.551. The molecule has 0 heterocycles. The molecule has 4 nitrogen and oxygen atoms in total. The second kappa shape index (κ2) is 9.93. The second-order valence-corrected chi connectivity index (χ2v) is 3.98. The predicted molar refractivity (Wildman–Crippen MR) is 63.4 cm³/mol.